The predicted molar refractivity (Wildman–Crippen MR) is 166 cm³/mol. The molecule has 6 aromatic carbocycles. The Morgan fingerprint density at radius 3 is 1.20 bits per heavy atom. The van der Waals surface area contributed by atoms with E-state index in [-0.39, 0.29) is 50.7 Å². The Bertz CT molecular complexity index is 1420. The molecular formula is C36H36Cl2HfSi. The van der Waals surface area contributed by atoms with Gasteiger partial charge in [-0.2, -0.15) is 12.1 Å². The average molecular weight is 746 g/mol. The summed E-state index contributed by atoms with van der Waals surface area (Å²) < 4.78 is 0. The summed E-state index contributed by atoms with van der Waals surface area (Å²) in [6.45, 7) is 8.72. The van der Waals surface area contributed by atoms with E-state index >= 15 is 0 Å². The molecule has 0 aromatic heterocycles. The first-order valence-corrected chi connectivity index (χ1v) is 15.2. The van der Waals surface area contributed by atoms with Crippen molar-refractivity contribution in [3.05, 3.63) is 132 Å². The third kappa shape index (κ3) is 8.88. The van der Waals surface area contributed by atoms with Gasteiger partial charge in [-0.05, 0) is 24.0 Å². The maximum atomic E-state index is 2.32. The molecule has 0 saturated carbocycles. The summed E-state index contributed by atoms with van der Waals surface area (Å²) in [7, 11) is 1.08. The van der Waals surface area contributed by atoms with Crippen LogP contribution in [0.2, 0.25) is 13.1 Å². The molecule has 0 nitrogen and oxygen atoms in total. The Labute approximate surface area is 274 Å². The van der Waals surface area contributed by atoms with Crippen LogP contribution < -0.4 is 24.8 Å². The molecule has 40 heavy (non-hydrogen) atoms. The fourth-order valence-corrected chi connectivity index (χ4v) is 4.74. The van der Waals surface area contributed by atoms with E-state index in [9.17, 15) is 0 Å². The Balaban J connectivity index is 0.000000341. The van der Waals surface area contributed by atoms with Crippen molar-refractivity contribution in [1.29, 1.82) is 0 Å². The van der Waals surface area contributed by atoms with Crippen molar-refractivity contribution >= 4 is 31.1 Å². The molecule has 0 unspecified atom stereocenters. The largest absolute Gasteiger partial charge is 4.00 e. The van der Waals surface area contributed by atoms with Gasteiger partial charge in [0.2, 0.25) is 0 Å². The summed E-state index contributed by atoms with van der Waals surface area (Å²) in [5.41, 5.74) is 8.11. The van der Waals surface area contributed by atoms with Gasteiger partial charge in [0.05, 0.1) is 0 Å². The number of fused-ring (bicyclic) bond motifs is 2. The van der Waals surface area contributed by atoms with E-state index in [0.29, 0.717) is 0 Å². The van der Waals surface area contributed by atoms with E-state index in [1.165, 1.54) is 54.9 Å². The van der Waals surface area contributed by atoms with Gasteiger partial charge < -0.3 is 24.8 Å². The van der Waals surface area contributed by atoms with Crippen LogP contribution in [-0.2, 0) is 38.7 Å². The van der Waals surface area contributed by atoms with Gasteiger partial charge in [-0.25, -0.2) is 0 Å². The SMILES string of the molecule is CCc1cc2c(-c3ccccc3)cccc2[cH-]1.CCc1cc2c(-c3ccccc3)cccc2[cH-]1.C[Si]C.[Cl-].[Cl-].[Hf+4]. The molecule has 2 radical (unpaired) electrons. The number of rotatable bonds is 4. The Morgan fingerprint density at radius 1 is 0.525 bits per heavy atom. The molecule has 0 spiro atoms. The second kappa shape index (κ2) is 18.2. The first kappa shape index (κ1) is 35.8. The molecule has 0 amide bonds. The van der Waals surface area contributed by atoms with Gasteiger partial charge in [0.25, 0.3) is 0 Å². The second-order valence-corrected chi connectivity index (χ2v) is 10.3. The van der Waals surface area contributed by atoms with Gasteiger partial charge in [-0.1, -0.05) is 111 Å². The van der Waals surface area contributed by atoms with Gasteiger partial charge in [0.15, 0.2) is 0 Å². The van der Waals surface area contributed by atoms with Crippen molar-refractivity contribution in [1.82, 2.24) is 0 Å². The summed E-state index contributed by atoms with van der Waals surface area (Å²) in [6.07, 6.45) is 2.20. The van der Waals surface area contributed by atoms with Gasteiger partial charge in [0.1, 0.15) is 0 Å². The van der Waals surface area contributed by atoms with Crippen molar-refractivity contribution in [2.75, 3.05) is 0 Å². The second-order valence-electron chi connectivity index (χ2n) is 9.28. The quantitative estimate of drug-likeness (QED) is 0.186. The molecule has 0 fully saturated rings. The summed E-state index contributed by atoms with van der Waals surface area (Å²) in [5, 5.41) is 5.44. The standard InChI is InChI=1S/2C17H15.C2H6Si.2ClH.Hf/c2*1-2-13-11-15-9-6-10-16(17(15)12-13)14-7-4-3-5-8-14;1-3-2;;;/h2*3-12H,2H2,1H3;1-2H3;2*1H;/q2*-1;;;;+4/p-2. The number of benzene rings is 4. The Morgan fingerprint density at radius 2 is 0.875 bits per heavy atom. The maximum Gasteiger partial charge on any atom is 4.00 e. The minimum Gasteiger partial charge on any atom is -1.00 e. The maximum absolute atomic E-state index is 2.32. The smallest absolute Gasteiger partial charge is 1.00 e. The van der Waals surface area contributed by atoms with Gasteiger partial charge in [-0.3, -0.25) is 0 Å². The molecule has 0 saturated heterocycles. The van der Waals surface area contributed by atoms with Crippen LogP contribution in [0.3, 0.4) is 0 Å². The molecule has 0 atom stereocenters. The molecule has 0 aliphatic heterocycles. The van der Waals surface area contributed by atoms with Crippen molar-refractivity contribution < 1.29 is 50.7 Å². The summed E-state index contributed by atoms with van der Waals surface area (Å²) in [6, 6.07) is 43.5. The minimum atomic E-state index is 0. The molecule has 6 rings (SSSR count). The van der Waals surface area contributed by atoms with Crippen molar-refractivity contribution in [2.45, 2.75) is 39.8 Å². The molecule has 0 aliphatic rings. The van der Waals surface area contributed by atoms with Crippen LogP contribution in [0.1, 0.15) is 25.0 Å². The molecule has 6 aromatic rings. The summed E-state index contributed by atoms with van der Waals surface area (Å²) >= 11 is 0. The van der Waals surface area contributed by atoms with E-state index < -0.39 is 0 Å². The summed E-state index contributed by atoms with van der Waals surface area (Å²) in [5.74, 6) is 0. The van der Waals surface area contributed by atoms with Crippen molar-refractivity contribution in [3.63, 3.8) is 0 Å². The van der Waals surface area contributed by atoms with Crippen LogP contribution >= 0.6 is 0 Å². The molecular weight excluding hydrogens is 710 g/mol. The topological polar surface area (TPSA) is 0 Å². The fraction of sp³-hybridized carbons (Fsp3) is 0.167. The van der Waals surface area contributed by atoms with Crippen LogP contribution in [0, 0.1) is 0 Å². The van der Waals surface area contributed by atoms with Gasteiger partial charge in [0, 0.05) is 9.52 Å². The first-order valence-electron chi connectivity index (χ1n) is 13.2. The Kier molecular flexibility index (Phi) is 16.3. The monoisotopic (exact) mass is 746 g/mol. The van der Waals surface area contributed by atoms with E-state index in [1.54, 1.807) is 0 Å². The first-order chi connectivity index (χ1) is 18.2. The molecule has 4 heteroatoms. The van der Waals surface area contributed by atoms with E-state index in [0.717, 1.165) is 22.4 Å². The van der Waals surface area contributed by atoms with Gasteiger partial charge >= 0.3 is 25.8 Å². The average Bonchev–Trinajstić information content (AvgIpc) is 3.58. The van der Waals surface area contributed by atoms with Crippen molar-refractivity contribution in [3.8, 4) is 22.3 Å². The predicted octanol–water partition coefficient (Wildman–Crippen LogP) is 4.37. The number of aryl methyl sites for hydroxylation is 2. The zero-order chi connectivity index (χ0) is 26.0. The minimum absolute atomic E-state index is 0. The fourth-order valence-electron chi connectivity index (χ4n) is 4.74. The third-order valence-electron chi connectivity index (χ3n) is 6.61. The zero-order valence-corrected chi connectivity index (χ0v) is 29.8. The molecule has 0 heterocycles. The van der Waals surface area contributed by atoms with Crippen molar-refractivity contribution in [2.24, 2.45) is 0 Å². The van der Waals surface area contributed by atoms with Crippen LogP contribution in [0.15, 0.2) is 121 Å². The van der Waals surface area contributed by atoms with E-state index in [4.69, 9.17) is 0 Å². The summed E-state index contributed by atoms with van der Waals surface area (Å²) in [4.78, 5) is 0. The van der Waals surface area contributed by atoms with E-state index in [1.807, 2.05) is 0 Å². The number of hydrogen-bond donors (Lipinski definition) is 0. The number of hydrogen-bond acceptors (Lipinski definition) is 0. The van der Waals surface area contributed by atoms with Crippen LogP contribution in [0.5, 0.6) is 0 Å². The zero-order valence-electron chi connectivity index (χ0n) is 23.7. The third-order valence-corrected chi connectivity index (χ3v) is 6.61. The molecule has 0 bridgehead atoms. The molecule has 0 aliphatic carbocycles. The van der Waals surface area contributed by atoms with Crippen LogP contribution in [0.4, 0.5) is 0 Å². The normalized spacial score (nSPS) is 9.70. The van der Waals surface area contributed by atoms with Gasteiger partial charge in [-0.15, -0.1) is 69.1 Å². The Hall–Kier alpha value is -2.23. The van der Waals surface area contributed by atoms with Crippen LogP contribution in [0.25, 0.3) is 43.8 Å². The van der Waals surface area contributed by atoms with E-state index in [2.05, 4.69) is 148 Å². The van der Waals surface area contributed by atoms with Crippen LogP contribution in [-0.4, -0.2) is 9.52 Å². The molecule has 202 valence electrons. The molecule has 0 N–H and O–H groups in total. The number of halogens is 2.